The molecule has 2 heterocycles. The minimum atomic E-state index is -0.0235. The lowest BCUT2D eigenvalue weighted by Crippen LogP contribution is -2.48. The molecule has 4 rings (SSSR count). The quantitative estimate of drug-likeness (QED) is 0.590. The number of rotatable bonds is 5. The number of hydrogen-bond acceptors (Lipinski definition) is 7. The molecule has 0 N–H and O–H groups in total. The van der Waals surface area contributed by atoms with Gasteiger partial charge in [0.1, 0.15) is 11.3 Å². The molecule has 0 unspecified atom stereocenters. The number of carbonyl (C=O) groups is 1. The fraction of sp³-hybridized carbons (Fsp3) is 0.333. The molecule has 1 aliphatic heterocycles. The lowest BCUT2D eigenvalue weighted by atomic mass is 10.1. The Morgan fingerprint density at radius 1 is 0.967 bits per heavy atom. The van der Waals surface area contributed by atoms with E-state index in [9.17, 15) is 4.79 Å². The van der Waals surface area contributed by atoms with Crippen molar-refractivity contribution in [3.05, 3.63) is 40.9 Å². The van der Waals surface area contributed by atoms with Crippen molar-refractivity contribution in [1.29, 1.82) is 0 Å². The fourth-order valence-corrected chi connectivity index (χ4v) is 4.80. The van der Waals surface area contributed by atoms with Crippen molar-refractivity contribution < 1.29 is 19.0 Å². The first kappa shape index (κ1) is 20.6. The number of hydrogen-bond donors (Lipinski definition) is 0. The molecule has 1 fully saturated rings. The molecule has 3 aromatic rings. The maximum absolute atomic E-state index is 12.9. The summed E-state index contributed by atoms with van der Waals surface area (Å²) in [5.41, 5.74) is 1.35. The second-order valence-electron chi connectivity index (χ2n) is 6.77. The van der Waals surface area contributed by atoms with Gasteiger partial charge in [-0.3, -0.25) is 4.79 Å². The Balaban J connectivity index is 1.48. The number of thiazole rings is 1. The van der Waals surface area contributed by atoms with Gasteiger partial charge in [0.25, 0.3) is 5.91 Å². The average molecular weight is 448 g/mol. The van der Waals surface area contributed by atoms with E-state index in [4.69, 9.17) is 30.8 Å². The lowest BCUT2D eigenvalue weighted by Gasteiger charge is -2.34. The minimum Gasteiger partial charge on any atom is -0.494 e. The Morgan fingerprint density at radius 3 is 2.30 bits per heavy atom. The Bertz CT molecular complexity index is 1080. The molecule has 0 bridgehead atoms. The van der Waals surface area contributed by atoms with Gasteiger partial charge >= 0.3 is 0 Å². The summed E-state index contributed by atoms with van der Waals surface area (Å²) in [4.78, 5) is 21.7. The van der Waals surface area contributed by atoms with Gasteiger partial charge in [0.15, 0.2) is 16.6 Å². The molecule has 30 heavy (non-hydrogen) atoms. The minimum absolute atomic E-state index is 0.0235. The molecule has 1 amide bonds. The molecule has 0 atom stereocenters. The number of piperazine rings is 1. The van der Waals surface area contributed by atoms with Gasteiger partial charge in [-0.2, -0.15) is 0 Å². The lowest BCUT2D eigenvalue weighted by molar-refractivity contribution is 0.0746. The van der Waals surface area contributed by atoms with Gasteiger partial charge in [-0.25, -0.2) is 4.98 Å². The van der Waals surface area contributed by atoms with Crippen LogP contribution in [0, 0.1) is 0 Å². The zero-order valence-corrected chi connectivity index (χ0v) is 18.5. The molecular weight excluding hydrogens is 426 g/mol. The maximum Gasteiger partial charge on any atom is 0.254 e. The number of ether oxygens (including phenoxy) is 3. The van der Waals surface area contributed by atoms with Gasteiger partial charge in [0.05, 0.1) is 31.1 Å². The van der Waals surface area contributed by atoms with E-state index in [2.05, 4.69) is 4.90 Å². The van der Waals surface area contributed by atoms with Gasteiger partial charge in [-0.1, -0.05) is 22.9 Å². The summed E-state index contributed by atoms with van der Waals surface area (Å²) < 4.78 is 16.9. The number of halogens is 1. The zero-order valence-electron chi connectivity index (χ0n) is 17.0. The maximum atomic E-state index is 12.9. The standard InChI is InChI=1S/C21H22ClN3O4S/c1-27-15-6-4-13(12-17(15)29-3)20(26)24-8-10-25(11-9-24)21-23-18-16(28-2)7-5-14(22)19(18)30-21/h4-7,12H,8-11H2,1-3H3. The van der Waals surface area contributed by atoms with Gasteiger partial charge in [0, 0.05) is 31.7 Å². The highest BCUT2D eigenvalue weighted by atomic mass is 35.5. The molecule has 0 saturated carbocycles. The van der Waals surface area contributed by atoms with Gasteiger partial charge < -0.3 is 24.0 Å². The highest BCUT2D eigenvalue weighted by molar-refractivity contribution is 7.22. The molecule has 2 aromatic carbocycles. The van der Waals surface area contributed by atoms with Crippen LogP contribution in [0.25, 0.3) is 10.2 Å². The number of anilines is 1. The smallest absolute Gasteiger partial charge is 0.254 e. The summed E-state index contributed by atoms with van der Waals surface area (Å²) in [6.07, 6.45) is 0. The van der Waals surface area contributed by atoms with E-state index in [1.54, 1.807) is 50.9 Å². The van der Waals surface area contributed by atoms with E-state index in [1.165, 1.54) is 0 Å². The molecule has 1 aromatic heterocycles. The third-order valence-electron chi connectivity index (χ3n) is 5.14. The van der Waals surface area contributed by atoms with Crippen LogP contribution in [-0.2, 0) is 0 Å². The summed E-state index contributed by atoms with van der Waals surface area (Å²) in [6.45, 7) is 2.60. The van der Waals surface area contributed by atoms with E-state index in [1.807, 2.05) is 17.0 Å². The van der Waals surface area contributed by atoms with E-state index in [0.29, 0.717) is 54.0 Å². The summed E-state index contributed by atoms with van der Waals surface area (Å²) in [6, 6.07) is 8.88. The van der Waals surface area contributed by atoms with Crippen LogP contribution in [0.1, 0.15) is 10.4 Å². The number of fused-ring (bicyclic) bond motifs is 1. The number of benzene rings is 2. The second kappa shape index (κ2) is 8.57. The van der Waals surface area contributed by atoms with Crippen molar-refractivity contribution in [3.8, 4) is 17.2 Å². The predicted octanol–water partition coefficient (Wildman–Crippen LogP) is 3.94. The first-order valence-electron chi connectivity index (χ1n) is 9.45. The van der Waals surface area contributed by atoms with Gasteiger partial charge in [0.2, 0.25) is 0 Å². The Labute approximate surface area is 183 Å². The van der Waals surface area contributed by atoms with Crippen molar-refractivity contribution in [2.75, 3.05) is 52.4 Å². The van der Waals surface area contributed by atoms with Crippen LogP contribution in [0.5, 0.6) is 17.2 Å². The third kappa shape index (κ3) is 3.73. The van der Waals surface area contributed by atoms with Crippen LogP contribution < -0.4 is 19.1 Å². The van der Waals surface area contributed by atoms with Crippen molar-refractivity contribution in [3.63, 3.8) is 0 Å². The monoisotopic (exact) mass is 447 g/mol. The first-order chi connectivity index (χ1) is 14.5. The molecule has 158 valence electrons. The Hall–Kier alpha value is -2.71. The van der Waals surface area contributed by atoms with Crippen LogP contribution in [0.15, 0.2) is 30.3 Å². The van der Waals surface area contributed by atoms with E-state index < -0.39 is 0 Å². The second-order valence-corrected chi connectivity index (χ2v) is 8.16. The zero-order chi connectivity index (χ0) is 21.3. The number of aromatic nitrogens is 1. The summed E-state index contributed by atoms with van der Waals surface area (Å²) >= 11 is 7.89. The first-order valence-corrected chi connectivity index (χ1v) is 10.6. The molecule has 7 nitrogen and oxygen atoms in total. The number of amides is 1. The highest BCUT2D eigenvalue weighted by Gasteiger charge is 2.25. The highest BCUT2D eigenvalue weighted by Crippen LogP contribution is 2.39. The number of methoxy groups -OCH3 is 3. The van der Waals surface area contributed by atoms with Crippen molar-refractivity contribution in [1.82, 2.24) is 9.88 Å². The van der Waals surface area contributed by atoms with E-state index in [0.717, 1.165) is 15.3 Å². The van der Waals surface area contributed by atoms with Crippen LogP contribution in [-0.4, -0.2) is 63.3 Å². The number of nitrogens with zero attached hydrogens (tertiary/aromatic N) is 3. The van der Waals surface area contributed by atoms with E-state index in [-0.39, 0.29) is 5.91 Å². The van der Waals surface area contributed by atoms with Gasteiger partial charge in [-0.15, -0.1) is 0 Å². The average Bonchev–Trinajstić information content (AvgIpc) is 3.25. The SMILES string of the molecule is COc1ccc(C(=O)N2CCN(c3nc4c(OC)ccc(Cl)c4s3)CC2)cc1OC. The van der Waals surface area contributed by atoms with Crippen LogP contribution in [0.3, 0.4) is 0 Å². The van der Waals surface area contributed by atoms with Crippen molar-refractivity contribution in [2.24, 2.45) is 0 Å². The van der Waals surface area contributed by atoms with Crippen molar-refractivity contribution >= 4 is 44.2 Å². The molecule has 1 aliphatic rings. The summed E-state index contributed by atoms with van der Waals surface area (Å²) in [5, 5.41) is 1.55. The van der Waals surface area contributed by atoms with E-state index >= 15 is 0 Å². The topological polar surface area (TPSA) is 64.1 Å². The molecule has 9 heteroatoms. The third-order valence-corrected chi connectivity index (χ3v) is 6.71. The van der Waals surface area contributed by atoms with Crippen LogP contribution >= 0.6 is 22.9 Å². The molecule has 0 radical (unpaired) electrons. The van der Waals surface area contributed by atoms with Crippen molar-refractivity contribution in [2.45, 2.75) is 0 Å². The Morgan fingerprint density at radius 2 is 1.63 bits per heavy atom. The van der Waals surface area contributed by atoms with Crippen LogP contribution in [0.2, 0.25) is 5.02 Å². The van der Waals surface area contributed by atoms with Crippen LogP contribution in [0.4, 0.5) is 5.13 Å². The largest absolute Gasteiger partial charge is 0.494 e. The molecule has 1 saturated heterocycles. The summed E-state index contributed by atoms with van der Waals surface area (Å²) in [5.74, 6) is 1.83. The Kier molecular flexibility index (Phi) is 5.87. The fourth-order valence-electron chi connectivity index (χ4n) is 3.49. The molecule has 0 aliphatic carbocycles. The number of carbonyl (C=O) groups excluding carboxylic acids is 1. The molecular formula is C21H22ClN3O4S. The molecule has 0 spiro atoms. The van der Waals surface area contributed by atoms with Gasteiger partial charge in [-0.05, 0) is 30.3 Å². The summed E-state index contributed by atoms with van der Waals surface area (Å²) in [7, 11) is 4.76. The predicted molar refractivity (Wildman–Crippen MR) is 119 cm³/mol. The normalized spacial score (nSPS) is 14.1.